The monoisotopic (exact) mass is 249 g/mol. The Bertz CT molecular complexity index is 374. The zero-order chi connectivity index (χ0) is 13.5. The zero-order valence-corrected chi connectivity index (χ0v) is 12.3. The fourth-order valence-electron chi connectivity index (χ4n) is 2.34. The van der Waals surface area contributed by atoms with E-state index in [0.29, 0.717) is 6.04 Å². The lowest BCUT2D eigenvalue weighted by atomic mass is 9.99. The van der Waals surface area contributed by atoms with Crippen molar-refractivity contribution in [2.75, 3.05) is 6.61 Å². The fourth-order valence-corrected chi connectivity index (χ4v) is 2.34. The van der Waals surface area contributed by atoms with Crippen molar-refractivity contribution in [3.8, 4) is 5.75 Å². The predicted molar refractivity (Wildman–Crippen MR) is 78.3 cm³/mol. The van der Waals surface area contributed by atoms with Crippen molar-refractivity contribution in [2.24, 2.45) is 5.73 Å². The van der Waals surface area contributed by atoms with E-state index in [1.54, 1.807) is 0 Å². The highest BCUT2D eigenvalue weighted by atomic mass is 16.5. The molecule has 0 saturated carbocycles. The van der Waals surface area contributed by atoms with E-state index in [-0.39, 0.29) is 0 Å². The van der Waals surface area contributed by atoms with Gasteiger partial charge in [-0.05, 0) is 57.6 Å². The molecule has 0 fully saturated rings. The lowest BCUT2D eigenvalue weighted by Gasteiger charge is -2.15. The van der Waals surface area contributed by atoms with Crippen molar-refractivity contribution in [1.29, 1.82) is 0 Å². The molecule has 0 spiro atoms. The minimum Gasteiger partial charge on any atom is -0.493 e. The Balaban J connectivity index is 2.73. The third-order valence-corrected chi connectivity index (χ3v) is 3.33. The van der Waals surface area contributed by atoms with Gasteiger partial charge in [-0.3, -0.25) is 0 Å². The van der Waals surface area contributed by atoms with Gasteiger partial charge >= 0.3 is 0 Å². The molecule has 2 nitrogen and oxygen atoms in total. The minimum atomic E-state index is 0.339. The van der Waals surface area contributed by atoms with Gasteiger partial charge < -0.3 is 10.5 Å². The van der Waals surface area contributed by atoms with Crippen LogP contribution >= 0.6 is 0 Å². The van der Waals surface area contributed by atoms with Crippen LogP contribution in [0.2, 0.25) is 0 Å². The van der Waals surface area contributed by atoms with Crippen LogP contribution in [0.1, 0.15) is 49.8 Å². The smallest absolute Gasteiger partial charge is 0.125 e. The summed E-state index contributed by atoms with van der Waals surface area (Å²) in [5.74, 6) is 1.08. The SMILES string of the molecule is CCOc1c(C)cc(C)cc1CCCC(N)CC. The Morgan fingerprint density at radius 2 is 1.94 bits per heavy atom. The largest absolute Gasteiger partial charge is 0.493 e. The maximum atomic E-state index is 5.96. The van der Waals surface area contributed by atoms with E-state index in [1.165, 1.54) is 16.7 Å². The summed E-state index contributed by atoms with van der Waals surface area (Å²) >= 11 is 0. The number of benzene rings is 1. The van der Waals surface area contributed by atoms with Crippen LogP contribution in [0.15, 0.2) is 12.1 Å². The number of aryl methyl sites for hydroxylation is 3. The van der Waals surface area contributed by atoms with Crippen LogP contribution < -0.4 is 10.5 Å². The first-order valence-corrected chi connectivity index (χ1v) is 7.07. The van der Waals surface area contributed by atoms with Crippen molar-refractivity contribution in [3.63, 3.8) is 0 Å². The summed E-state index contributed by atoms with van der Waals surface area (Å²) in [7, 11) is 0. The van der Waals surface area contributed by atoms with Crippen molar-refractivity contribution in [3.05, 3.63) is 28.8 Å². The van der Waals surface area contributed by atoms with Gasteiger partial charge in [-0.2, -0.15) is 0 Å². The summed E-state index contributed by atoms with van der Waals surface area (Å²) < 4.78 is 5.78. The number of hydrogen-bond acceptors (Lipinski definition) is 2. The summed E-state index contributed by atoms with van der Waals surface area (Å²) in [5.41, 5.74) is 9.85. The molecule has 0 aromatic heterocycles. The number of hydrogen-bond donors (Lipinski definition) is 1. The summed E-state index contributed by atoms with van der Waals surface area (Å²) in [5, 5.41) is 0. The third kappa shape index (κ3) is 4.34. The second-order valence-corrected chi connectivity index (χ2v) is 5.06. The van der Waals surface area contributed by atoms with Gasteiger partial charge in [-0.25, -0.2) is 0 Å². The highest BCUT2D eigenvalue weighted by molar-refractivity contribution is 5.43. The molecule has 102 valence electrons. The maximum absolute atomic E-state index is 5.96. The zero-order valence-electron chi connectivity index (χ0n) is 12.3. The summed E-state index contributed by atoms with van der Waals surface area (Å²) in [6.07, 6.45) is 4.35. The molecule has 2 N–H and O–H groups in total. The van der Waals surface area contributed by atoms with Crippen LogP contribution in [0.4, 0.5) is 0 Å². The number of ether oxygens (including phenoxy) is 1. The molecule has 0 aliphatic heterocycles. The van der Waals surface area contributed by atoms with E-state index in [9.17, 15) is 0 Å². The van der Waals surface area contributed by atoms with E-state index in [2.05, 4.69) is 32.9 Å². The van der Waals surface area contributed by atoms with E-state index >= 15 is 0 Å². The first-order chi connectivity index (χ1) is 8.58. The molecule has 1 unspecified atom stereocenters. The molecule has 0 bridgehead atoms. The molecular weight excluding hydrogens is 222 g/mol. The van der Waals surface area contributed by atoms with Gasteiger partial charge in [0.05, 0.1) is 6.61 Å². The first-order valence-electron chi connectivity index (χ1n) is 7.07. The van der Waals surface area contributed by atoms with Gasteiger partial charge in [-0.1, -0.05) is 24.6 Å². The third-order valence-electron chi connectivity index (χ3n) is 3.33. The van der Waals surface area contributed by atoms with Crippen molar-refractivity contribution >= 4 is 0 Å². The van der Waals surface area contributed by atoms with Gasteiger partial charge in [0, 0.05) is 6.04 Å². The molecule has 0 heterocycles. The highest BCUT2D eigenvalue weighted by Gasteiger charge is 2.09. The Morgan fingerprint density at radius 3 is 2.56 bits per heavy atom. The van der Waals surface area contributed by atoms with Gasteiger partial charge in [0.1, 0.15) is 5.75 Å². The van der Waals surface area contributed by atoms with Crippen LogP contribution in [-0.4, -0.2) is 12.6 Å². The Labute approximate surface area is 112 Å². The van der Waals surface area contributed by atoms with Gasteiger partial charge in [0.2, 0.25) is 0 Å². The van der Waals surface area contributed by atoms with Gasteiger partial charge in [0.25, 0.3) is 0 Å². The molecule has 1 atom stereocenters. The molecule has 0 aliphatic carbocycles. The second kappa shape index (κ2) is 7.42. The van der Waals surface area contributed by atoms with Crippen LogP contribution in [0.5, 0.6) is 5.75 Å². The van der Waals surface area contributed by atoms with Crippen molar-refractivity contribution < 1.29 is 4.74 Å². The Hall–Kier alpha value is -1.02. The van der Waals surface area contributed by atoms with E-state index < -0.39 is 0 Å². The van der Waals surface area contributed by atoms with Crippen LogP contribution in [0.3, 0.4) is 0 Å². The topological polar surface area (TPSA) is 35.2 Å². The van der Waals surface area contributed by atoms with Crippen LogP contribution in [0, 0.1) is 13.8 Å². The normalized spacial score (nSPS) is 12.5. The van der Waals surface area contributed by atoms with Gasteiger partial charge in [0.15, 0.2) is 0 Å². The minimum absolute atomic E-state index is 0.339. The second-order valence-electron chi connectivity index (χ2n) is 5.06. The lowest BCUT2D eigenvalue weighted by Crippen LogP contribution is -2.18. The standard InChI is InChI=1S/C16H27NO/c1-5-15(17)9-7-8-14-11-12(3)10-13(4)16(14)18-6-2/h10-11,15H,5-9,17H2,1-4H3. The molecule has 1 rings (SSSR count). The lowest BCUT2D eigenvalue weighted by molar-refractivity contribution is 0.333. The van der Waals surface area contributed by atoms with Crippen LogP contribution in [0.25, 0.3) is 0 Å². The van der Waals surface area contributed by atoms with E-state index in [0.717, 1.165) is 38.0 Å². The summed E-state index contributed by atoms with van der Waals surface area (Å²) in [4.78, 5) is 0. The molecule has 1 aromatic carbocycles. The molecule has 0 radical (unpaired) electrons. The quantitative estimate of drug-likeness (QED) is 0.798. The first kappa shape index (κ1) is 15.0. The molecule has 0 amide bonds. The molecular formula is C16H27NO. The fraction of sp³-hybridized carbons (Fsp3) is 0.625. The van der Waals surface area contributed by atoms with Crippen molar-refractivity contribution in [1.82, 2.24) is 0 Å². The van der Waals surface area contributed by atoms with E-state index in [1.807, 2.05) is 6.92 Å². The van der Waals surface area contributed by atoms with Gasteiger partial charge in [-0.15, -0.1) is 0 Å². The van der Waals surface area contributed by atoms with Crippen molar-refractivity contribution in [2.45, 2.75) is 59.4 Å². The Kier molecular flexibility index (Phi) is 6.20. The predicted octanol–water partition coefficient (Wildman–Crippen LogP) is 3.76. The summed E-state index contributed by atoms with van der Waals surface area (Å²) in [6.45, 7) is 9.18. The Morgan fingerprint density at radius 1 is 1.22 bits per heavy atom. The number of nitrogens with two attached hydrogens (primary N) is 1. The molecule has 2 heteroatoms. The van der Waals surface area contributed by atoms with Crippen LogP contribution in [-0.2, 0) is 6.42 Å². The average molecular weight is 249 g/mol. The number of rotatable bonds is 7. The molecule has 18 heavy (non-hydrogen) atoms. The molecule has 0 aliphatic rings. The maximum Gasteiger partial charge on any atom is 0.125 e. The summed E-state index contributed by atoms with van der Waals surface area (Å²) in [6, 6.07) is 4.77. The molecule has 0 saturated heterocycles. The highest BCUT2D eigenvalue weighted by Crippen LogP contribution is 2.27. The average Bonchev–Trinajstić information content (AvgIpc) is 2.33. The van der Waals surface area contributed by atoms with E-state index in [4.69, 9.17) is 10.5 Å². The molecule has 1 aromatic rings.